The Morgan fingerprint density at radius 3 is 2.44 bits per heavy atom. The van der Waals surface area contributed by atoms with Crippen LogP contribution < -0.4 is 10.2 Å². The number of nitrogens with one attached hydrogen (secondary N) is 2. The van der Waals surface area contributed by atoms with Crippen LogP contribution in [-0.2, 0) is 0 Å². The van der Waals surface area contributed by atoms with Gasteiger partial charge in [-0.1, -0.05) is 69.5 Å². The number of nitrogens with zero attached hydrogens (tertiary/aromatic N) is 2. The number of rotatable bonds is 7. The van der Waals surface area contributed by atoms with Crippen molar-refractivity contribution in [2.24, 2.45) is 5.10 Å². The Morgan fingerprint density at radius 2 is 1.73 bits per heavy atom. The number of ether oxygens (including phenoxy) is 1. The molecule has 12 heteroatoms. The molecule has 0 spiro atoms. The minimum absolute atomic E-state index is 0.126. The Labute approximate surface area is 251 Å². The van der Waals surface area contributed by atoms with Gasteiger partial charge >= 0.3 is 5.97 Å². The van der Waals surface area contributed by atoms with E-state index in [1.807, 2.05) is 30.3 Å². The van der Waals surface area contributed by atoms with Crippen LogP contribution in [0.3, 0.4) is 0 Å². The van der Waals surface area contributed by atoms with Crippen LogP contribution >= 0.6 is 39.1 Å². The predicted molar refractivity (Wildman–Crippen MR) is 161 cm³/mol. The number of nitro groups is 1. The van der Waals surface area contributed by atoms with E-state index in [-0.39, 0.29) is 22.7 Å². The number of benzene rings is 4. The number of amides is 1. The summed E-state index contributed by atoms with van der Waals surface area (Å²) in [6.45, 7) is 0. The molecule has 5 rings (SSSR count). The third kappa shape index (κ3) is 6.14. The number of fused-ring (bicyclic) bond motifs is 1. The van der Waals surface area contributed by atoms with Crippen LogP contribution in [-0.4, -0.2) is 28.0 Å². The highest BCUT2D eigenvalue weighted by Crippen LogP contribution is 2.37. The van der Waals surface area contributed by atoms with E-state index >= 15 is 0 Å². The summed E-state index contributed by atoms with van der Waals surface area (Å²) < 4.78 is 6.18. The summed E-state index contributed by atoms with van der Waals surface area (Å²) in [6, 6.07) is 22.5. The van der Waals surface area contributed by atoms with Gasteiger partial charge in [-0.25, -0.2) is 10.2 Å². The number of hydrogen-bond acceptors (Lipinski definition) is 6. The molecule has 204 valence electrons. The van der Waals surface area contributed by atoms with Crippen molar-refractivity contribution in [3.63, 3.8) is 0 Å². The summed E-state index contributed by atoms with van der Waals surface area (Å²) >= 11 is 16.0. The first-order chi connectivity index (χ1) is 19.7. The third-order valence-electron chi connectivity index (χ3n) is 5.97. The van der Waals surface area contributed by atoms with Crippen LogP contribution in [0.1, 0.15) is 26.4 Å². The molecule has 4 aromatic carbocycles. The minimum Gasteiger partial charge on any atom is -0.422 e. The van der Waals surface area contributed by atoms with Crippen LogP contribution in [0.15, 0.2) is 94.5 Å². The number of carbonyl (C=O) groups is 2. The number of hydrazone groups is 1. The summed E-state index contributed by atoms with van der Waals surface area (Å²) in [5.74, 6) is -1.10. The number of aromatic amines is 1. The zero-order chi connectivity index (χ0) is 29.1. The molecule has 0 atom stereocenters. The van der Waals surface area contributed by atoms with Crippen LogP contribution in [0.4, 0.5) is 5.69 Å². The molecule has 0 aliphatic rings. The van der Waals surface area contributed by atoms with Crippen molar-refractivity contribution < 1.29 is 19.2 Å². The number of carbonyl (C=O) groups excluding carboxylic acids is 2. The molecular weight excluding hydrogens is 635 g/mol. The largest absolute Gasteiger partial charge is 0.422 e. The molecule has 9 nitrogen and oxygen atoms in total. The second-order valence-corrected chi connectivity index (χ2v) is 10.4. The van der Waals surface area contributed by atoms with Gasteiger partial charge in [0.1, 0.15) is 11.4 Å². The lowest BCUT2D eigenvalue weighted by Crippen LogP contribution is -2.19. The number of H-pyrrole nitrogens is 1. The molecule has 0 aliphatic heterocycles. The zero-order valence-corrected chi connectivity index (χ0v) is 23.8. The smallest absolute Gasteiger partial charge is 0.343 e. The highest BCUT2D eigenvalue weighted by atomic mass is 79.9. The van der Waals surface area contributed by atoms with Crippen molar-refractivity contribution in [1.82, 2.24) is 10.4 Å². The average Bonchev–Trinajstić information content (AvgIpc) is 3.34. The van der Waals surface area contributed by atoms with E-state index in [1.165, 1.54) is 30.5 Å². The summed E-state index contributed by atoms with van der Waals surface area (Å²) in [4.78, 5) is 39.4. The molecule has 5 aromatic rings. The van der Waals surface area contributed by atoms with Crippen molar-refractivity contribution in [3.05, 3.63) is 126 Å². The lowest BCUT2D eigenvalue weighted by molar-refractivity contribution is -0.384. The highest BCUT2D eigenvalue weighted by Gasteiger charge is 2.21. The van der Waals surface area contributed by atoms with E-state index < -0.39 is 16.8 Å². The van der Waals surface area contributed by atoms with Crippen LogP contribution in [0.5, 0.6) is 5.75 Å². The number of esters is 1. The number of aromatic nitrogens is 1. The van der Waals surface area contributed by atoms with Gasteiger partial charge in [-0.15, -0.1) is 0 Å². The molecule has 2 N–H and O–H groups in total. The molecule has 0 bridgehead atoms. The zero-order valence-electron chi connectivity index (χ0n) is 20.7. The second-order valence-electron chi connectivity index (χ2n) is 8.63. The topological polar surface area (TPSA) is 127 Å². The lowest BCUT2D eigenvalue weighted by Gasteiger charge is -2.08. The van der Waals surface area contributed by atoms with E-state index in [4.69, 9.17) is 27.9 Å². The maximum atomic E-state index is 13.3. The molecule has 0 aliphatic carbocycles. The third-order valence-corrected chi connectivity index (χ3v) is 6.98. The monoisotopic (exact) mass is 650 g/mol. The fourth-order valence-electron chi connectivity index (χ4n) is 4.10. The fraction of sp³-hybridized carbons (Fsp3) is 0. The van der Waals surface area contributed by atoms with Gasteiger partial charge in [0, 0.05) is 38.1 Å². The van der Waals surface area contributed by atoms with Crippen molar-refractivity contribution in [3.8, 4) is 16.9 Å². The molecule has 0 saturated carbocycles. The van der Waals surface area contributed by atoms with Crippen molar-refractivity contribution >= 4 is 73.8 Å². The second kappa shape index (κ2) is 11.9. The van der Waals surface area contributed by atoms with Crippen molar-refractivity contribution in [2.75, 3.05) is 0 Å². The standard InChI is InChI=1S/C29H17BrCl2N4O5/c30-19-8-11-24(41-29(38)17-6-9-21(10-7-17)36(39)40)18(12-19)15-33-35-28(37)27-25(16-4-2-1-3-5-16)22-13-20(31)14-23(32)26(22)34-27/h1-15,34H,(H,35,37). The predicted octanol–water partition coefficient (Wildman–Crippen LogP) is 7.80. The van der Waals surface area contributed by atoms with E-state index in [9.17, 15) is 19.7 Å². The van der Waals surface area contributed by atoms with Gasteiger partial charge in [-0.2, -0.15) is 5.10 Å². The van der Waals surface area contributed by atoms with Crippen molar-refractivity contribution in [1.29, 1.82) is 0 Å². The van der Waals surface area contributed by atoms with Crippen LogP contribution in [0, 0.1) is 10.1 Å². The number of non-ortho nitro benzene ring substituents is 1. The van der Waals surface area contributed by atoms with E-state index in [2.05, 4.69) is 31.4 Å². The van der Waals surface area contributed by atoms with Gasteiger partial charge in [0.25, 0.3) is 11.6 Å². The van der Waals surface area contributed by atoms with E-state index in [0.717, 1.165) is 5.56 Å². The molecule has 1 aromatic heterocycles. The minimum atomic E-state index is -0.720. The maximum absolute atomic E-state index is 13.3. The molecule has 1 amide bonds. The lowest BCUT2D eigenvalue weighted by atomic mass is 10.0. The molecule has 0 fully saturated rings. The quantitative estimate of drug-likeness (QED) is 0.0610. The fourth-order valence-corrected chi connectivity index (χ4v) is 5.02. The van der Waals surface area contributed by atoms with Gasteiger partial charge < -0.3 is 9.72 Å². The molecule has 0 unspecified atom stereocenters. The summed E-state index contributed by atoms with van der Waals surface area (Å²) in [5, 5.41) is 16.4. The summed E-state index contributed by atoms with van der Waals surface area (Å²) in [6.07, 6.45) is 1.33. The first kappa shape index (κ1) is 28.0. The molecule has 1 heterocycles. The van der Waals surface area contributed by atoms with Gasteiger partial charge in [0.2, 0.25) is 0 Å². The van der Waals surface area contributed by atoms with E-state index in [0.29, 0.717) is 36.5 Å². The Hall–Kier alpha value is -4.51. The summed E-state index contributed by atoms with van der Waals surface area (Å²) in [7, 11) is 0. The summed E-state index contributed by atoms with van der Waals surface area (Å²) in [5.41, 5.74) is 5.03. The Kier molecular flexibility index (Phi) is 8.16. The highest BCUT2D eigenvalue weighted by molar-refractivity contribution is 9.10. The van der Waals surface area contributed by atoms with Gasteiger partial charge in [-0.05, 0) is 48.0 Å². The molecular formula is C29H17BrCl2N4O5. The SMILES string of the molecule is O=C(Oc1ccc(Br)cc1C=NNC(=O)c1[nH]c2c(Cl)cc(Cl)cc2c1-c1ccccc1)c1ccc([N+](=O)[O-])cc1. The maximum Gasteiger partial charge on any atom is 0.343 e. The Balaban J connectivity index is 1.41. The molecule has 0 saturated heterocycles. The number of halogens is 3. The Morgan fingerprint density at radius 1 is 1.00 bits per heavy atom. The van der Waals surface area contributed by atoms with Crippen LogP contribution in [0.25, 0.3) is 22.0 Å². The normalized spacial score (nSPS) is 11.1. The Bertz CT molecular complexity index is 1840. The average molecular weight is 652 g/mol. The number of hydrogen-bond donors (Lipinski definition) is 2. The van der Waals surface area contributed by atoms with Gasteiger partial charge in [-0.3, -0.25) is 14.9 Å². The van der Waals surface area contributed by atoms with Crippen molar-refractivity contribution in [2.45, 2.75) is 0 Å². The first-order valence-corrected chi connectivity index (χ1v) is 13.4. The van der Waals surface area contributed by atoms with Gasteiger partial charge in [0.15, 0.2) is 0 Å². The van der Waals surface area contributed by atoms with Crippen LogP contribution in [0.2, 0.25) is 10.0 Å². The molecule has 0 radical (unpaired) electrons. The number of nitro benzene ring substituents is 1. The van der Waals surface area contributed by atoms with E-state index in [1.54, 1.807) is 30.3 Å². The molecule has 41 heavy (non-hydrogen) atoms. The van der Waals surface area contributed by atoms with Gasteiger partial charge in [0.05, 0.1) is 27.2 Å². The first-order valence-electron chi connectivity index (χ1n) is 11.9.